The van der Waals surface area contributed by atoms with Gasteiger partial charge in [0.2, 0.25) is 0 Å². The van der Waals surface area contributed by atoms with Gasteiger partial charge in [-0.05, 0) is 0 Å². The van der Waals surface area contributed by atoms with Crippen LogP contribution in [0.25, 0.3) is 0 Å². The summed E-state index contributed by atoms with van der Waals surface area (Å²) < 4.78 is 3.21. The van der Waals surface area contributed by atoms with Crippen LogP contribution in [0.15, 0.2) is 50.3 Å². The molecule has 0 saturated heterocycles. The maximum absolute atomic E-state index is 6.56. The molecule has 1 unspecified atom stereocenters. The van der Waals surface area contributed by atoms with Crippen molar-refractivity contribution < 1.29 is 21.5 Å². The Morgan fingerprint density at radius 2 is 2.18 bits per heavy atom. The summed E-state index contributed by atoms with van der Waals surface area (Å²) in [6.07, 6.45) is 4.58. The number of hydrogen-bond donors (Lipinski definition) is 2. The van der Waals surface area contributed by atoms with Crippen LogP contribution in [0.3, 0.4) is 0 Å². The number of aliphatic imine (C=N–C) groups is 1. The van der Waals surface area contributed by atoms with Gasteiger partial charge < -0.3 is 0 Å². The molecule has 0 fully saturated rings. The fourth-order valence-electron chi connectivity index (χ4n) is 1.91. The van der Waals surface area contributed by atoms with Crippen molar-refractivity contribution in [1.82, 2.24) is 5.32 Å². The normalized spacial score (nSPS) is 18.5. The second kappa shape index (κ2) is 7.87. The number of para-hydroxylation sites is 2. The molecule has 0 aliphatic carbocycles. The molecule has 0 saturated carbocycles. The molecule has 0 bridgehead atoms. The van der Waals surface area contributed by atoms with Crippen LogP contribution < -0.4 is 35.6 Å². The van der Waals surface area contributed by atoms with Gasteiger partial charge in [-0.25, -0.2) is 0 Å². The van der Waals surface area contributed by atoms with E-state index in [0.29, 0.717) is 0 Å². The van der Waals surface area contributed by atoms with Gasteiger partial charge in [0.25, 0.3) is 0 Å². The van der Waals surface area contributed by atoms with E-state index in [9.17, 15) is 0 Å². The van der Waals surface area contributed by atoms with Crippen LogP contribution in [0.1, 0.15) is 27.2 Å². The number of nitrogens with one attached hydrogen (secondary N) is 1. The summed E-state index contributed by atoms with van der Waals surface area (Å²) >= 11 is 5.98. The monoisotopic (exact) mass is 431 g/mol. The van der Waals surface area contributed by atoms with Gasteiger partial charge in [-0.15, -0.1) is 0 Å². The molecule has 22 heavy (non-hydrogen) atoms. The number of nitrogen functional groups attached to an aromatic ring is 1. The number of anilines is 2. The molecule has 1 aliphatic rings. The van der Waals surface area contributed by atoms with Crippen LogP contribution in [0, 0.1) is 0 Å². The number of nitrogens with two attached hydrogens (primary N) is 1. The zero-order chi connectivity index (χ0) is 16.1. The van der Waals surface area contributed by atoms with E-state index < -0.39 is 21.5 Å². The van der Waals surface area contributed by atoms with Crippen molar-refractivity contribution in [2.75, 3.05) is 8.85 Å². The number of rotatable bonds is 5. The number of halogens is 2. The van der Waals surface area contributed by atoms with Crippen LogP contribution in [0.4, 0.5) is 11.4 Å². The zero-order valence-electron chi connectivity index (χ0n) is 13.0. The third-order valence-corrected chi connectivity index (χ3v) is 7.11. The van der Waals surface area contributed by atoms with Crippen molar-refractivity contribution in [3.63, 3.8) is 0 Å². The van der Waals surface area contributed by atoms with Crippen molar-refractivity contribution >= 4 is 28.7 Å². The Hall–Kier alpha value is -1.21. The molecule has 6 heteroatoms. The van der Waals surface area contributed by atoms with Crippen LogP contribution >= 0.6 is 11.6 Å². The predicted octanol–water partition coefficient (Wildman–Crippen LogP) is 0.821. The van der Waals surface area contributed by atoms with Crippen LogP contribution in [-0.2, 0) is 0 Å². The summed E-state index contributed by atoms with van der Waals surface area (Å²) in [5, 5.41) is 3.36. The van der Waals surface area contributed by atoms with Gasteiger partial charge in [0.05, 0.1) is 0 Å². The van der Waals surface area contributed by atoms with E-state index in [0.717, 1.165) is 26.5 Å². The van der Waals surface area contributed by atoms with Gasteiger partial charge in [-0.2, -0.15) is 0 Å². The van der Waals surface area contributed by atoms with Crippen LogP contribution in [-0.4, -0.2) is 11.9 Å². The molecule has 2 rings (SSSR count). The Morgan fingerprint density at radius 1 is 1.45 bits per heavy atom. The van der Waals surface area contributed by atoms with Crippen molar-refractivity contribution in [3.05, 3.63) is 45.3 Å². The molecule has 0 spiro atoms. The fraction of sp³-hybridized carbons (Fsp3) is 0.312. The molecule has 1 aliphatic heterocycles. The molecule has 1 aromatic rings. The second-order valence-corrected chi connectivity index (χ2v) is 8.62. The molecule has 1 aromatic carbocycles. The topological polar surface area (TPSA) is 53.6 Å². The van der Waals surface area contributed by atoms with E-state index >= 15 is 0 Å². The first-order chi connectivity index (χ1) is 10.5. The molecule has 0 radical (unpaired) electrons. The van der Waals surface area contributed by atoms with Gasteiger partial charge in [0.1, 0.15) is 0 Å². The van der Waals surface area contributed by atoms with Gasteiger partial charge in [0, 0.05) is 0 Å². The van der Waals surface area contributed by atoms with Gasteiger partial charge in [-0.3, -0.25) is 0 Å². The van der Waals surface area contributed by atoms with E-state index in [1.165, 1.54) is 5.57 Å². The fourth-order valence-corrected chi connectivity index (χ4v) is 5.30. The molecule has 0 aromatic heterocycles. The van der Waals surface area contributed by atoms with Gasteiger partial charge >= 0.3 is 148 Å². The predicted molar refractivity (Wildman–Crippen MR) is 91.4 cm³/mol. The summed E-state index contributed by atoms with van der Waals surface area (Å²) in [7, 11) is 0. The number of benzene rings is 1. The molecular weight excluding hydrogens is 411 g/mol. The van der Waals surface area contributed by atoms with E-state index in [2.05, 4.69) is 27.3 Å². The summed E-state index contributed by atoms with van der Waals surface area (Å²) in [5.74, 6) is 0. The molecular formula is C16H21ClIN4-. The Kier molecular flexibility index (Phi) is 6.14. The Bertz CT molecular complexity index is 624. The van der Waals surface area contributed by atoms with Crippen LogP contribution in [0.5, 0.6) is 0 Å². The minimum absolute atomic E-state index is 0.0130. The summed E-state index contributed by atoms with van der Waals surface area (Å²) in [5.41, 5.74) is 10.2. The quantitative estimate of drug-likeness (QED) is 0.412. The minimum atomic E-state index is -0.577. The number of hydrogen-bond acceptors (Lipinski definition) is 4. The first kappa shape index (κ1) is 17.1. The Balaban J connectivity index is 2.39. The third kappa shape index (κ3) is 3.95. The second-order valence-electron chi connectivity index (χ2n) is 5.00. The number of allylic oxidation sites excluding steroid dienone is 1. The van der Waals surface area contributed by atoms with Crippen molar-refractivity contribution in [1.29, 1.82) is 0 Å². The van der Waals surface area contributed by atoms with E-state index in [4.69, 9.17) is 17.3 Å². The van der Waals surface area contributed by atoms with E-state index in [-0.39, 0.29) is 6.17 Å². The molecule has 0 amide bonds. The first-order valence-corrected chi connectivity index (χ1v) is 9.56. The Labute approximate surface area is 147 Å². The van der Waals surface area contributed by atoms with E-state index in [1.54, 1.807) is 6.20 Å². The van der Waals surface area contributed by atoms with Gasteiger partial charge in [-0.1, -0.05) is 0 Å². The summed E-state index contributed by atoms with van der Waals surface area (Å²) in [6.45, 7) is 6.22. The maximum atomic E-state index is 6.56. The number of nitrogens with zero attached hydrogens (tertiary/aromatic N) is 2. The SMILES string of the molecule is CCC(C)=C(Cl)[I-]N(c1ccccc1N)C1NC=CN=C1C. The Morgan fingerprint density at radius 3 is 2.82 bits per heavy atom. The van der Waals surface area contributed by atoms with Crippen molar-refractivity contribution in [2.45, 2.75) is 33.4 Å². The average molecular weight is 432 g/mol. The summed E-state index contributed by atoms with van der Waals surface area (Å²) in [6, 6.07) is 7.90. The van der Waals surface area contributed by atoms with E-state index in [1.807, 2.05) is 37.4 Å². The van der Waals surface area contributed by atoms with Crippen LogP contribution in [0.2, 0.25) is 0 Å². The standard InChI is InChI=1S/C16H21ClIN4/c1-4-11(2)15(17)18-22(14-8-6-5-7-13(14)19)16-12(3)20-9-10-21-16/h5-10,16,21H,4,19H2,1-3H3/q-1. The molecule has 1 atom stereocenters. The average Bonchev–Trinajstić information content (AvgIpc) is 2.53. The first-order valence-electron chi connectivity index (χ1n) is 7.14. The zero-order valence-corrected chi connectivity index (χ0v) is 15.9. The molecule has 1 heterocycles. The summed E-state index contributed by atoms with van der Waals surface area (Å²) in [4.78, 5) is 4.41. The molecule has 4 nitrogen and oxygen atoms in total. The van der Waals surface area contributed by atoms with Crippen molar-refractivity contribution in [3.8, 4) is 0 Å². The third-order valence-electron chi connectivity index (χ3n) is 3.41. The molecule has 120 valence electrons. The van der Waals surface area contributed by atoms with Gasteiger partial charge in [0.15, 0.2) is 0 Å². The molecule has 3 N–H and O–H groups in total. The van der Waals surface area contributed by atoms with Crippen molar-refractivity contribution in [2.24, 2.45) is 4.99 Å².